The summed E-state index contributed by atoms with van der Waals surface area (Å²) in [5.41, 5.74) is 1.34. The lowest BCUT2D eigenvalue weighted by Gasteiger charge is -2.14. The van der Waals surface area contributed by atoms with Crippen LogP contribution in [-0.4, -0.2) is 36.2 Å². The molecule has 0 spiro atoms. The Morgan fingerprint density at radius 2 is 1.93 bits per heavy atom. The van der Waals surface area contributed by atoms with Crippen LogP contribution >= 0.6 is 24.0 Å². The fourth-order valence-electron chi connectivity index (χ4n) is 2.90. The summed E-state index contributed by atoms with van der Waals surface area (Å²) in [7, 11) is 3.49. The van der Waals surface area contributed by atoms with Crippen molar-refractivity contribution in [1.82, 2.24) is 20.2 Å². The van der Waals surface area contributed by atoms with E-state index in [0.717, 1.165) is 49.9 Å². The first-order chi connectivity index (χ1) is 13.1. The Kier molecular flexibility index (Phi) is 11.6. The van der Waals surface area contributed by atoms with Crippen LogP contribution in [0.4, 0.5) is 0 Å². The molecule has 1 heterocycles. The first-order valence-corrected chi connectivity index (χ1v) is 9.69. The lowest BCUT2D eigenvalue weighted by molar-refractivity contribution is 0.414. The van der Waals surface area contributed by atoms with Gasteiger partial charge in [0.2, 0.25) is 0 Å². The SMILES string of the molecule is CN=C(NCCCCc1ccc(OC)cc1)NCc1nccn1CC(C)C.I. The van der Waals surface area contributed by atoms with Crippen LogP contribution in [0.5, 0.6) is 5.75 Å². The van der Waals surface area contributed by atoms with Gasteiger partial charge in [-0.25, -0.2) is 4.98 Å². The van der Waals surface area contributed by atoms with Gasteiger partial charge in [0.05, 0.1) is 13.7 Å². The zero-order valence-corrected chi connectivity index (χ0v) is 19.8. The van der Waals surface area contributed by atoms with E-state index in [0.29, 0.717) is 12.5 Å². The van der Waals surface area contributed by atoms with E-state index in [2.05, 4.69) is 51.2 Å². The summed E-state index contributed by atoms with van der Waals surface area (Å²) < 4.78 is 7.38. The first-order valence-electron chi connectivity index (χ1n) is 9.69. The Balaban J connectivity index is 0.00000392. The van der Waals surface area contributed by atoms with Crippen molar-refractivity contribution < 1.29 is 4.74 Å². The molecule has 0 radical (unpaired) electrons. The molecule has 0 aliphatic carbocycles. The predicted molar refractivity (Wildman–Crippen MR) is 127 cm³/mol. The van der Waals surface area contributed by atoms with Gasteiger partial charge >= 0.3 is 0 Å². The fraction of sp³-hybridized carbons (Fsp3) is 0.524. The van der Waals surface area contributed by atoms with Crippen LogP contribution < -0.4 is 15.4 Å². The number of aromatic nitrogens is 2. The van der Waals surface area contributed by atoms with Crippen LogP contribution in [0.3, 0.4) is 0 Å². The van der Waals surface area contributed by atoms with Crippen LogP contribution in [0.15, 0.2) is 41.7 Å². The predicted octanol–water partition coefficient (Wildman–Crippen LogP) is 3.85. The van der Waals surface area contributed by atoms with Crippen molar-refractivity contribution >= 4 is 29.9 Å². The minimum Gasteiger partial charge on any atom is -0.497 e. The number of unbranched alkanes of at least 4 members (excludes halogenated alkanes) is 1. The number of hydrogen-bond acceptors (Lipinski definition) is 3. The molecule has 0 aliphatic heterocycles. The van der Waals surface area contributed by atoms with Crippen LogP contribution in [0.2, 0.25) is 0 Å². The molecule has 1 aromatic carbocycles. The van der Waals surface area contributed by atoms with Gasteiger partial charge in [-0.1, -0.05) is 26.0 Å². The summed E-state index contributed by atoms with van der Waals surface area (Å²) in [6, 6.07) is 8.29. The molecule has 1 aromatic heterocycles. The molecular weight excluding hydrogens is 465 g/mol. The highest BCUT2D eigenvalue weighted by Crippen LogP contribution is 2.13. The number of aliphatic imine (C=N–C) groups is 1. The largest absolute Gasteiger partial charge is 0.497 e. The smallest absolute Gasteiger partial charge is 0.191 e. The highest BCUT2D eigenvalue weighted by Gasteiger charge is 2.05. The summed E-state index contributed by atoms with van der Waals surface area (Å²) in [5.74, 6) is 3.36. The van der Waals surface area contributed by atoms with Crippen molar-refractivity contribution in [2.24, 2.45) is 10.9 Å². The third-order valence-electron chi connectivity index (χ3n) is 4.34. The third kappa shape index (κ3) is 8.50. The lowest BCUT2D eigenvalue weighted by atomic mass is 10.1. The molecule has 2 N–H and O–H groups in total. The van der Waals surface area contributed by atoms with Crippen LogP contribution in [0, 0.1) is 5.92 Å². The molecule has 0 atom stereocenters. The van der Waals surface area contributed by atoms with Crippen molar-refractivity contribution in [3.63, 3.8) is 0 Å². The van der Waals surface area contributed by atoms with Gasteiger partial charge in [-0.3, -0.25) is 4.99 Å². The van der Waals surface area contributed by atoms with E-state index >= 15 is 0 Å². The van der Waals surface area contributed by atoms with Crippen molar-refractivity contribution in [3.05, 3.63) is 48.0 Å². The minimum absolute atomic E-state index is 0. The number of methoxy groups -OCH3 is 1. The van der Waals surface area contributed by atoms with Crippen LogP contribution in [-0.2, 0) is 19.5 Å². The second kappa shape index (κ2) is 13.4. The van der Waals surface area contributed by atoms with E-state index < -0.39 is 0 Å². The lowest BCUT2D eigenvalue weighted by Crippen LogP contribution is -2.38. The maximum atomic E-state index is 5.19. The van der Waals surface area contributed by atoms with Gasteiger partial charge < -0.3 is 19.9 Å². The number of imidazole rings is 1. The van der Waals surface area contributed by atoms with Gasteiger partial charge in [0, 0.05) is 32.5 Å². The second-order valence-corrected chi connectivity index (χ2v) is 7.05. The average molecular weight is 499 g/mol. The van der Waals surface area contributed by atoms with Crippen molar-refractivity contribution in [1.29, 1.82) is 0 Å². The molecule has 0 saturated heterocycles. The zero-order chi connectivity index (χ0) is 19.5. The maximum absolute atomic E-state index is 5.19. The van der Waals surface area contributed by atoms with E-state index in [4.69, 9.17) is 4.74 Å². The van der Waals surface area contributed by atoms with E-state index in [-0.39, 0.29) is 24.0 Å². The van der Waals surface area contributed by atoms with Crippen LogP contribution in [0.25, 0.3) is 0 Å². The van der Waals surface area contributed by atoms with Gasteiger partial charge in [-0.2, -0.15) is 0 Å². The summed E-state index contributed by atoms with van der Waals surface area (Å²) in [4.78, 5) is 8.74. The Morgan fingerprint density at radius 3 is 2.57 bits per heavy atom. The molecule has 0 saturated carbocycles. The maximum Gasteiger partial charge on any atom is 0.191 e. The third-order valence-corrected chi connectivity index (χ3v) is 4.34. The standard InChI is InChI=1S/C21H33N5O.HI/c1-17(2)16-26-14-13-23-20(26)15-25-21(22-3)24-12-6-5-7-18-8-10-19(27-4)11-9-18;/h8-11,13-14,17H,5-7,12,15-16H2,1-4H3,(H2,22,24,25);1H. The van der Waals surface area contributed by atoms with Gasteiger partial charge in [0.25, 0.3) is 0 Å². The molecule has 2 aromatic rings. The Hall–Kier alpha value is -1.77. The molecule has 0 unspecified atom stereocenters. The normalized spacial score (nSPS) is 11.2. The Morgan fingerprint density at radius 1 is 1.18 bits per heavy atom. The van der Waals surface area contributed by atoms with Crippen molar-refractivity contribution in [3.8, 4) is 5.75 Å². The van der Waals surface area contributed by atoms with Gasteiger partial charge in [-0.05, 0) is 42.9 Å². The highest BCUT2D eigenvalue weighted by atomic mass is 127. The molecule has 0 fully saturated rings. The quantitative estimate of drug-likeness (QED) is 0.226. The Bertz CT molecular complexity index is 697. The van der Waals surface area contributed by atoms with E-state index in [1.807, 2.05) is 24.5 Å². The molecule has 0 aliphatic rings. The monoisotopic (exact) mass is 499 g/mol. The summed E-state index contributed by atoms with van der Waals surface area (Å²) in [5, 5.41) is 6.73. The average Bonchev–Trinajstić information content (AvgIpc) is 3.10. The number of halogens is 1. The van der Waals surface area contributed by atoms with Crippen LogP contribution in [0.1, 0.15) is 38.1 Å². The minimum atomic E-state index is 0. The molecule has 28 heavy (non-hydrogen) atoms. The second-order valence-electron chi connectivity index (χ2n) is 7.05. The van der Waals surface area contributed by atoms with E-state index in [1.54, 1.807) is 14.2 Å². The number of aryl methyl sites for hydroxylation is 1. The first kappa shape index (κ1) is 24.3. The number of ether oxygens (including phenoxy) is 1. The van der Waals surface area contributed by atoms with Gasteiger partial charge in [-0.15, -0.1) is 24.0 Å². The van der Waals surface area contributed by atoms with E-state index in [1.165, 1.54) is 5.56 Å². The number of hydrogen-bond donors (Lipinski definition) is 2. The molecule has 2 rings (SSSR count). The zero-order valence-electron chi connectivity index (χ0n) is 17.4. The van der Waals surface area contributed by atoms with Crippen molar-refractivity contribution in [2.75, 3.05) is 20.7 Å². The fourth-order valence-corrected chi connectivity index (χ4v) is 2.90. The summed E-state index contributed by atoms with van der Waals surface area (Å²) >= 11 is 0. The highest BCUT2D eigenvalue weighted by molar-refractivity contribution is 14.0. The summed E-state index contributed by atoms with van der Waals surface area (Å²) in [6.07, 6.45) is 7.19. The molecule has 0 amide bonds. The van der Waals surface area contributed by atoms with Gasteiger partial charge in [0.1, 0.15) is 11.6 Å². The van der Waals surface area contributed by atoms with Crippen molar-refractivity contribution in [2.45, 2.75) is 46.2 Å². The topological polar surface area (TPSA) is 63.5 Å². The molecule has 6 nitrogen and oxygen atoms in total. The number of rotatable bonds is 10. The number of guanidine groups is 1. The molecule has 7 heteroatoms. The molecule has 0 bridgehead atoms. The van der Waals surface area contributed by atoms with E-state index in [9.17, 15) is 0 Å². The molecule has 156 valence electrons. The number of nitrogens with zero attached hydrogens (tertiary/aromatic N) is 3. The molecular formula is C21H34IN5O. The van der Waals surface area contributed by atoms with Gasteiger partial charge in [0.15, 0.2) is 5.96 Å². The number of nitrogens with one attached hydrogen (secondary N) is 2. The Labute approximate surface area is 186 Å². The number of benzene rings is 1. The summed E-state index contributed by atoms with van der Waals surface area (Å²) in [6.45, 7) is 6.98.